The zero-order valence-corrected chi connectivity index (χ0v) is 18.4. The number of nitrogens with one attached hydrogen (secondary N) is 1. The van der Waals surface area contributed by atoms with E-state index < -0.39 is 6.04 Å². The molecule has 0 saturated carbocycles. The van der Waals surface area contributed by atoms with Gasteiger partial charge >= 0.3 is 0 Å². The molecule has 0 spiro atoms. The number of aromatic nitrogens is 2. The molecule has 1 amide bonds. The third-order valence-electron chi connectivity index (χ3n) is 5.48. The molecule has 1 fully saturated rings. The predicted molar refractivity (Wildman–Crippen MR) is 115 cm³/mol. The Hall–Kier alpha value is -1.73. The minimum Gasteiger partial charge on any atom is -0.383 e. The quantitative estimate of drug-likeness (QED) is 0.721. The van der Waals surface area contributed by atoms with E-state index in [2.05, 4.69) is 10.4 Å². The molecule has 29 heavy (non-hydrogen) atoms. The lowest BCUT2D eigenvalue weighted by Gasteiger charge is -2.34. The summed E-state index contributed by atoms with van der Waals surface area (Å²) in [5.41, 5.74) is 1.99. The number of nitrogens with zero attached hydrogens (tertiary/aromatic N) is 3. The molecular weight excluding hydrogens is 435 g/mol. The van der Waals surface area contributed by atoms with Crippen LogP contribution in [-0.4, -0.2) is 46.9 Å². The summed E-state index contributed by atoms with van der Waals surface area (Å²) >= 11 is 19.2. The van der Waals surface area contributed by atoms with E-state index in [1.165, 1.54) is 0 Å². The van der Waals surface area contributed by atoms with E-state index >= 15 is 0 Å². The number of carbonyl (C=O) groups is 1. The van der Waals surface area contributed by atoms with Crippen LogP contribution < -0.4 is 5.32 Å². The minimum absolute atomic E-state index is 0.0471. The zero-order chi connectivity index (χ0) is 20.7. The number of carbonyl (C=O) groups excluding carboxylic acids is 1. The SMILES string of the molecule is COC[C@@H]1CCCN1C(=O)C1=C(C)Nc2c(Cl)cnn2C1c1cccc(Cl)c1Cl. The highest BCUT2D eigenvalue weighted by Crippen LogP contribution is 2.43. The van der Waals surface area contributed by atoms with Crippen LogP contribution in [0.15, 0.2) is 35.7 Å². The lowest BCUT2D eigenvalue weighted by molar-refractivity contribution is -0.129. The lowest BCUT2D eigenvalue weighted by atomic mass is 9.94. The van der Waals surface area contributed by atoms with Gasteiger partial charge in [0.1, 0.15) is 16.9 Å². The molecule has 1 aromatic heterocycles. The van der Waals surface area contributed by atoms with E-state index in [4.69, 9.17) is 39.5 Å². The number of fused-ring (bicyclic) bond motifs is 1. The summed E-state index contributed by atoms with van der Waals surface area (Å²) in [5, 5.41) is 8.95. The Bertz CT molecular complexity index is 988. The molecule has 9 heteroatoms. The van der Waals surface area contributed by atoms with E-state index in [0.717, 1.165) is 12.8 Å². The van der Waals surface area contributed by atoms with Gasteiger partial charge in [0, 0.05) is 24.9 Å². The second kappa shape index (κ2) is 8.19. The van der Waals surface area contributed by atoms with Crippen LogP contribution >= 0.6 is 34.8 Å². The smallest absolute Gasteiger partial charge is 0.254 e. The standard InChI is InChI=1S/C20H21Cl3N4O2/c1-11-16(20(28)26-8-4-5-12(26)10-29-2)18(13-6-3-7-14(21)17(13)23)27-19(25-11)15(22)9-24-27/h3,6-7,9,12,18,25H,4-5,8,10H2,1-2H3/t12-,18?/m0/s1. The molecule has 0 radical (unpaired) electrons. The van der Waals surface area contributed by atoms with Crippen molar-refractivity contribution < 1.29 is 9.53 Å². The highest BCUT2D eigenvalue weighted by Gasteiger charge is 2.39. The average Bonchev–Trinajstić information content (AvgIpc) is 3.30. The summed E-state index contributed by atoms with van der Waals surface area (Å²) in [6, 6.07) is 4.91. The van der Waals surface area contributed by atoms with Gasteiger partial charge in [-0.15, -0.1) is 0 Å². The fraction of sp³-hybridized carbons (Fsp3) is 0.400. The number of anilines is 1. The van der Waals surface area contributed by atoms with Gasteiger partial charge in [0.05, 0.1) is 34.5 Å². The van der Waals surface area contributed by atoms with Gasteiger partial charge in [-0.2, -0.15) is 5.10 Å². The summed E-state index contributed by atoms with van der Waals surface area (Å²) in [4.78, 5) is 15.6. The van der Waals surface area contributed by atoms with Gasteiger partial charge in [0.15, 0.2) is 0 Å². The van der Waals surface area contributed by atoms with Crippen molar-refractivity contribution in [2.24, 2.45) is 0 Å². The molecule has 2 aliphatic rings. The van der Waals surface area contributed by atoms with Gasteiger partial charge in [-0.3, -0.25) is 4.79 Å². The molecule has 0 bridgehead atoms. The molecule has 0 aliphatic carbocycles. The molecule has 1 saturated heterocycles. The molecule has 2 aliphatic heterocycles. The van der Waals surface area contributed by atoms with Crippen molar-refractivity contribution >= 4 is 46.5 Å². The fourth-order valence-corrected chi connectivity index (χ4v) is 4.73. The Morgan fingerprint density at radius 1 is 1.31 bits per heavy atom. The first kappa shape index (κ1) is 20.5. The highest BCUT2D eigenvalue weighted by molar-refractivity contribution is 6.42. The number of ether oxygens (including phenoxy) is 1. The fourth-order valence-electron chi connectivity index (χ4n) is 4.15. The van der Waals surface area contributed by atoms with Crippen molar-refractivity contribution in [2.45, 2.75) is 31.8 Å². The van der Waals surface area contributed by atoms with Crippen LogP contribution in [0.2, 0.25) is 15.1 Å². The summed E-state index contributed by atoms with van der Waals surface area (Å²) < 4.78 is 7.02. The van der Waals surface area contributed by atoms with Gasteiger partial charge < -0.3 is 15.0 Å². The zero-order valence-electron chi connectivity index (χ0n) is 16.1. The van der Waals surface area contributed by atoms with Crippen LogP contribution in [0.4, 0.5) is 5.82 Å². The maximum atomic E-state index is 13.7. The van der Waals surface area contributed by atoms with Crippen molar-refractivity contribution in [3.05, 3.63) is 56.3 Å². The number of hydrogen-bond acceptors (Lipinski definition) is 4. The van der Waals surface area contributed by atoms with Crippen LogP contribution in [0.1, 0.15) is 31.4 Å². The molecule has 2 aromatic rings. The Morgan fingerprint density at radius 3 is 2.86 bits per heavy atom. The molecule has 1 unspecified atom stereocenters. The number of likely N-dealkylation sites (tertiary alicyclic amines) is 1. The first-order valence-electron chi connectivity index (χ1n) is 9.38. The summed E-state index contributed by atoms with van der Waals surface area (Å²) in [6.45, 7) is 3.06. The Balaban J connectivity index is 1.84. The number of hydrogen-bond donors (Lipinski definition) is 1. The number of allylic oxidation sites excluding steroid dienone is 1. The van der Waals surface area contributed by atoms with E-state index in [9.17, 15) is 4.79 Å². The van der Waals surface area contributed by atoms with Crippen LogP contribution in [-0.2, 0) is 9.53 Å². The van der Waals surface area contributed by atoms with Crippen molar-refractivity contribution in [2.75, 3.05) is 25.6 Å². The van der Waals surface area contributed by atoms with Crippen LogP contribution in [0.5, 0.6) is 0 Å². The summed E-state index contributed by atoms with van der Waals surface area (Å²) in [7, 11) is 1.65. The average molecular weight is 456 g/mol. The first-order chi connectivity index (χ1) is 13.9. The normalized spacial score (nSPS) is 21.3. The number of methoxy groups -OCH3 is 1. The van der Waals surface area contributed by atoms with Gasteiger partial charge in [-0.25, -0.2) is 4.68 Å². The Morgan fingerprint density at radius 2 is 2.10 bits per heavy atom. The number of amides is 1. The summed E-state index contributed by atoms with van der Waals surface area (Å²) in [5.74, 6) is 0.560. The third-order valence-corrected chi connectivity index (χ3v) is 6.59. The minimum atomic E-state index is -0.541. The van der Waals surface area contributed by atoms with E-state index in [0.29, 0.717) is 50.9 Å². The van der Waals surface area contributed by atoms with Crippen LogP contribution in [0.3, 0.4) is 0 Å². The number of benzene rings is 1. The van der Waals surface area contributed by atoms with E-state index in [1.54, 1.807) is 24.1 Å². The molecule has 2 atom stereocenters. The molecular formula is C20H21Cl3N4O2. The molecule has 154 valence electrons. The topological polar surface area (TPSA) is 59.4 Å². The van der Waals surface area contributed by atoms with Gasteiger partial charge in [0.2, 0.25) is 0 Å². The van der Waals surface area contributed by atoms with Gasteiger partial charge in [-0.1, -0.05) is 46.9 Å². The molecule has 6 nitrogen and oxygen atoms in total. The highest BCUT2D eigenvalue weighted by atomic mass is 35.5. The lowest BCUT2D eigenvalue weighted by Crippen LogP contribution is -2.42. The summed E-state index contributed by atoms with van der Waals surface area (Å²) in [6.07, 6.45) is 3.42. The van der Waals surface area contributed by atoms with Crippen molar-refractivity contribution in [3.63, 3.8) is 0 Å². The maximum Gasteiger partial charge on any atom is 0.254 e. The largest absolute Gasteiger partial charge is 0.383 e. The molecule has 4 rings (SSSR count). The second-order valence-corrected chi connectivity index (χ2v) is 8.44. The monoisotopic (exact) mass is 454 g/mol. The molecule has 3 heterocycles. The number of halogens is 3. The predicted octanol–water partition coefficient (Wildman–Crippen LogP) is 4.77. The van der Waals surface area contributed by atoms with Crippen LogP contribution in [0, 0.1) is 0 Å². The molecule has 1 aromatic carbocycles. The Labute approximate surface area is 184 Å². The van der Waals surface area contributed by atoms with Gasteiger partial charge in [0.25, 0.3) is 5.91 Å². The number of rotatable bonds is 4. The Kier molecular flexibility index (Phi) is 5.80. The van der Waals surface area contributed by atoms with Crippen molar-refractivity contribution in [3.8, 4) is 0 Å². The first-order valence-corrected chi connectivity index (χ1v) is 10.5. The second-order valence-electron chi connectivity index (χ2n) is 7.24. The van der Waals surface area contributed by atoms with Gasteiger partial charge in [-0.05, 0) is 25.8 Å². The van der Waals surface area contributed by atoms with E-state index in [-0.39, 0.29) is 11.9 Å². The molecule has 1 N–H and O–H groups in total. The maximum absolute atomic E-state index is 13.7. The van der Waals surface area contributed by atoms with Crippen molar-refractivity contribution in [1.29, 1.82) is 0 Å². The van der Waals surface area contributed by atoms with Crippen molar-refractivity contribution in [1.82, 2.24) is 14.7 Å². The van der Waals surface area contributed by atoms with Crippen LogP contribution in [0.25, 0.3) is 0 Å². The third kappa shape index (κ3) is 3.52. The van der Waals surface area contributed by atoms with E-state index in [1.807, 2.05) is 24.0 Å².